The third-order valence-electron chi connectivity index (χ3n) is 2.53. The number of methoxy groups -OCH3 is 1. The normalized spacial score (nSPS) is 20.9. The lowest BCUT2D eigenvalue weighted by Crippen LogP contribution is -2.51. The lowest BCUT2D eigenvalue weighted by molar-refractivity contribution is 0.158. The van der Waals surface area contributed by atoms with E-state index in [2.05, 4.69) is 5.32 Å². The quantitative estimate of drug-likeness (QED) is 0.680. The lowest BCUT2D eigenvalue weighted by Gasteiger charge is -2.35. The molecule has 1 unspecified atom stereocenters. The Morgan fingerprint density at radius 1 is 1.69 bits per heavy atom. The number of thioether (sulfide) groups is 1. The second kappa shape index (κ2) is 7.76. The van der Waals surface area contributed by atoms with Gasteiger partial charge in [-0.1, -0.05) is 0 Å². The third kappa shape index (κ3) is 4.19. The van der Waals surface area contributed by atoms with E-state index in [4.69, 9.17) is 9.84 Å². The van der Waals surface area contributed by atoms with E-state index < -0.39 is 0 Å². The van der Waals surface area contributed by atoms with Crippen LogP contribution in [0.1, 0.15) is 6.42 Å². The first-order chi connectivity index (χ1) is 7.79. The van der Waals surface area contributed by atoms with Gasteiger partial charge in [0, 0.05) is 44.4 Å². The minimum absolute atomic E-state index is 0.0456. The molecule has 1 aliphatic heterocycles. The van der Waals surface area contributed by atoms with Crippen LogP contribution in [0.25, 0.3) is 0 Å². The number of ether oxygens (including phenoxy) is 1. The van der Waals surface area contributed by atoms with Gasteiger partial charge in [0.15, 0.2) is 0 Å². The molecule has 0 spiro atoms. The number of rotatable bonds is 5. The number of aliphatic hydroxyl groups is 1. The van der Waals surface area contributed by atoms with Gasteiger partial charge in [-0.3, -0.25) is 0 Å². The molecule has 5 nitrogen and oxygen atoms in total. The minimum atomic E-state index is -0.0456. The summed E-state index contributed by atoms with van der Waals surface area (Å²) in [7, 11) is 1.61. The number of carbonyl (C=O) groups is 1. The van der Waals surface area contributed by atoms with Crippen molar-refractivity contribution in [2.75, 3.05) is 44.9 Å². The van der Waals surface area contributed by atoms with Crippen LogP contribution in [0.2, 0.25) is 0 Å². The minimum Gasteiger partial charge on any atom is -0.396 e. The molecule has 2 N–H and O–H groups in total. The number of carbonyl (C=O) groups excluding carboxylic acids is 1. The Hall–Kier alpha value is -0.460. The van der Waals surface area contributed by atoms with Crippen molar-refractivity contribution in [2.24, 2.45) is 0 Å². The fourth-order valence-corrected chi connectivity index (χ4v) is 2.78. The maximum atomic E-state index is 11.8. The fourth-order valence-electron chi connectivity index (χ4n) is 1.67. The largest absolute Gasteiger partial charge is 0.396 e. The van der Waals surface area contributed by atoms with Crippen molar-refractivity contribution in [1.82, 2.24) is 10.2 Å². The van der Waals surface area contributed by atoms with Gasteiger partial charge in [-0.15, -0.1) is 0 Å². The average Bonchev–Trinajstić information content (AvgIpc) is 2.30. The summed E-state index contributed by atoms with van der Waals surface area (Å²) >= 11 is 1.83. The van der Waals surface area contributed by atoms with E-state index in [1.807, 2.05) is 16.7 Å². The standard InChI is InChI=1S/C10H20N2O3S/c1-15-6-3-11-10(14)12-4-7-16-8-9(12)2-5-13/h9,13H,2-8H2,1H3,(H,11,14). The molecule has 16 heavy (non-hydrogen) atoms. The van der Waals surface area contributed by atoms with Gasteiger partial charge in [-0.05, 0) is 6.42 Å². The number of hydrogen-bond acceptors (Lipinski definition) is 4. The molecule has 0 aromatic heterocycles. The van der Waals surface area contributed by atoms with E-state index >= 15 is 0 Å². The highest BCUT2D eigenvalue weighted by molar-refractivity contribution is 7.99. The van der Waals surface area contributed by atoms with Crippen molar-refractivity contribution in [1.29, 1.82) is 0 Å². The van der Waals surface area contributed by atoms with E-state index in [1.54, 1.807) is 7.11 Å². The molecule has 6 heteroatoms. The second-order valence-electron chi connectivity index (χ2n) is 3.66. The average molecular weight is 248 g/mol. The summed E-state index contributed by atoms with van der Waals surface area (Å²) in [6.45, 7) is 1.95. The lowest BCUT2D eigenvalue weighted by atomic mass is 10.2. The molecule has 0 aromatic rings. The second-order valence-corrected chi connectivity index (χ2v) is 4.81. The smallest absolute Gasteiger partial charge is 0.317 e. The molecule has 0 aliphatic carbocycles. The van der Waals surface area contributed by atoms with Crippen LogP contribution >= 0.6 is 11.8 Å². The number of hydrogen-bond donors (Lipinski definition) is 2. The first-order valence-corrected chi connectivity index (χ1v) is 6.67. The molecular formula is C10H20N2O3S. The van der Waals surface area contributed by atoms with Crippen molar-refractivity contribution < 1.29 is 14.6 Å². The molecule has 1 atom stereocenters. The van der Waals surface area contributed by atoms with Crippen LogP contribution in [0, 0.1) is 0 Å². The Morgan fingerprint density at radius 3 is 3.19 bits per heavy atom. The highest BCUT2D eigenvalue weighted by Crippen LogP contribution is 2.18. The van der Waals surface area contributed by atoms with E-state index in [9.17, 15) is 4.79 Å². The van der Waals surface area contributed by atoms with Crippen LogP contribution in [-0.4, -0.2) is 67.0 Å². The Kier molecular flexibility index (Phi) is 6.59. The van der Waals surface area contributed by atoms with Gasteiger partial charge >= 0.3 is 6.03 Å². The Morgan fingerprint density at radius 2 is 2.50 bits per heavy atom. The summed E-state index contributed by atoms with van der Waals surface area (Å²) in [5.74, 6) is 1.89. The fraction of sp³-hybridized carbons (Fsp3) is 0.900. The van der Waals surface area contributed by atoms with Crippen molar-refractivity contribution in [3.05, 3.63) is 0 Å². The van der Waals surface area contributed by atoms with Crippen molar-refractivity contribution >= 4 is 17.8 Å². The highest BCUT2D eigenvalue weighted by atomic mass is 32.2. The summed E-state index contributed by atoms with van der Waals surface area (Å²) in [5, 5.41) is 11.8. The van der Waals surface area contributed by atoms with Gasteiger partial charge < -0.3 is 20.1 Å². The SMILES string of the molecule is COCCNC(=O)N1CCSCC1CCO. The first kappa shape index (κ1) is 13.6. The van der Waals surface area contributed by atoms with Gasteiger partial charge in [0.2, 0.25) is 0 Å². The van der Waals surface area contributed by atoms with Crippen molar-refractivity contribution in [3.8, 4) is 0 Å². The summed E-state index contributed by atoms with van der Waals surface area (Å²) < 4.78 is 4.88. The molecular weight excluding hydrogens is 228 g/mol. The Balaban J connectivity index is 2.37. The summed E-state index contributed by atoms with van der Waals surface area (Å²) in [6, 6.07) is 0.113. The Bertz CT molecular complexity index is 214. The molecule has 1 fully saturated rings. The molecule has 0 saturated carbocycles. The van der Waals surface area contributed by atoms with Crippen LogP contribution in [0.5, 0.6) is 0 Å². The molecule has 1 saturated heterocycles. The Labute approximate surface area is 101 Å². The molecule has 1 aliphatic rings. The maximum absolute atomic E-state index is 11.8. The van der Waals surface area contributed by atoms with Crippen LogP contribution in [0.3, 0.4) is 0 Å². The van der Waals surface area contributed by atoms with Crippen LogP contribution in [-0.2, 0) is 4.74 Å². The number of aliphatic hydroxyl groups excluding tert-OH is 1. The first-order valence-electron chi connectivity index (χ1n) is 5.51. The van der Waals surface area contributed by atoms with E-state index in [0.717, 1.165) is 18.1 Å². The predicted octanol–water partition coefficient (Wildman–Crippen LogP) is 0.142. The summed E-state index contributed by atoms with van der Waals surface area (Å²) in [6.07, 6.45) is 0.657. The molecule has 0 radical (unpaired) electrons. The predicted molar refractivity (Wildman–Crippen MR) is 64.8 cm³/mol. The zero-order chi connectivity index (χ0) is 11.8. The molecule has 94 valence electrons. The molecule has 0 aromatic carbocycles. The van der Waals surface area contributed by atoms with Gasteiger partial charge in [-0.25, -0.2) is 4.79 Å². The van der Waals surface area contributed by atoms with E-state index in [-0.39, 0.29) is 18.7 Å². The van der Waals surface area contributed by atoms with Crippen LogP contribution in [0.15, 0.2) is 0 Å². The zero-order valence-corrected chi connectivity index (χ0v) is 10.5. The number of urea groups is 1. The van der Waals surface area contributed by atoms with Gasteiger partial charge in [0.25, 0.3) is 0 Å². The zero-order valence-electron chi connectivity index (χ0n) is 9.65. The van der Waals surface area contributed by atoms with Crippen LogP contribution in [0.4, 0.5) is 4.79 Å². The molecule has 1 heterocycles. The molecule has 1 rings (SSSR count). The number of nitrogens with one attached hydrogen (secondary N) is 1. The number of amides is 2. The van der Waals surface area contributed by atoms with Gasteiger partial charge in [0.1, 0.15) is 0 Å². The van der Waals surface area contributed by atoms with Crippen molar-refractivity contribution in [3.63, 3.8) is 0 Å². The molecule has 2 amide bonds. The summed E-state index contributed by atoms with van der Waals surface area (Å²) in [4.78, 5) is 13.6. The van der Waals surface area contributed by atoms with Crippen LogP contribution < -0.4 is 5.32 Å². The van der Waals surface area contributed by atoms with Gasteiger partial charge in [-0.2, -0.15) is 11.8 Å². The monoisotopic (exact) mass is 248 g/mol. The maximum Gasteiger partial charge on any atom is 0.317 e. The topological polar surface area (TPSA) is 61.8 Å². The molecule has 0 bridgehead atoms. The van der Waals surface area contributed by atoms with E-state index in [1.165, 1.54) is 0 Å². The number of nitrogens with zero attached hydrogens (tertiary/aromatic N) is 1. The van der Waals surface area contributed by atoms with Crippen molar-refractivity contribution in [2.45, 2.75) is 12.5 Å². The summed E-state index contributed by atoms with van der Waals surface area (Å²) in [5.41, 5.74) is 0. The highest BCUT2D eigenvalue weighted by Gasteiger charge is 2.26. The third-order valence-corrected chi connectivity index (χ3v) is 3.62. The van der Waals surface area contributed by atoms with Gasteiger partial charge in [0.05, 0.1) is 6.61 Å². The van der Waals surface area contributed by atoms with E-state index in [0.29, 0.717) is 19.6 Å².